The molecule has 8 heteroatoms. The van der Waals surface area contributed by atoms with Crippen LogP contribution in [0.2, 0.25) is 0 Å². The molecular weight excluding hydrogens is 332 g/mol. The van der Waals surface area contributed by atoms with E-state index in [0.717, 1.165) is 31.2 Å². The van der Waals surface area contributed by atoms with Crippen LogP contribution in [0, 0.1) is 5.92 Å². The fraction of sp³-hybridized carbons (Fsp3) is 0.500. The van der Waals surface area contributed by atoms with Crippen molar-refractivity contribution in [2.24, 2.45) is 5.92 Å². The van der Waals surface area contributed by atoms with Gasteiger partial charge in [-0.2, -0.15) is 0 Å². The van der Waals surface area contributed by atoms with E-state index >= 15 is 0 Å². The van der Waals surface area contributed by atoms with Gasteiger partial charge >= 0.3 is 0 Å². The van der Waals surface area contributed by atoms with E-state index in [2.05, 4.69) is 25.3 Å². The number of aliphatic hydroxyl groups is 1. The highest BCUT2D eigenvalue weighted by Crippen LogP contribution is 2.47. The van der Waals surface area contributed by atoms with E-state index in [1.165, 1.54) is 6.33 Å². The molecule has 2 N–H and O–H groups in total. The second kappa shape index (κ2) is 6.95. The average molecular weight is 354 g/mol. The summed E-state index contributed by atoms with van der Waals surface area (Å²) in [5.41, 5.74) is 1.29. The molecule has 0 aromatic carbocycles. The zero-order chi connectivity index (χ0) is 18.0. The average Bonchev–Trinajstić information content (AvgIpc) is 3.49. The zero-order valence-electron chi connectivity index (χ0n) is 14.5. The first kappa shape index (κ1) is 16.8. The molecule has 8 nitrogen and oxygen atoms in total. The van der Waals surface area contributed by atoms with Crippen LogP contribution in [0.15, 0.2) is 31.1 Å². The molecule has 1 amide bonds. The molecule has 4 rings (SSSR count). The summed E-state index contributed by atoms with van der Waals surface area (Å²) in [5, 5.41) is 12.7. The third-order valence-corrected chi connectivity index (χ3v) is 5.18. The number of carbonyl (C=O) groups excluding carboxylic acids is 1. The highest BCUT2D eigenvalue weighted by Gasteiger charge is 2.45. The normalized spacial score (nSPS) is 21.3. The maximum Gasteiger partial charge on any atom is 0.257 e. The summed E-state index contributed by atoms with van der Waals surface area (Å²) in [6.45, 7) is 1.42. The van der Waals surface area contributed by atoms with Gasteiger partial charge < -0.3 is 15.3 Å². The van der Waals surface area contributed by atoms with E-state index in [-0.39, 0.29) is 24.0 Å². The van der Waals surface area contributed by atoms with Crippen LogP contribution in [0.3, 0.4) is 0 Å². The van der Waals surface area contributed by atoms with Gasteiger partial charge in [0.2, 0.25) is 5.95 Å². The monoisotopic (exact) mass is 354 g/mol. The molecule has 2 fully saturated rings. The number of aromatic nitrogens is 4. The second-order valence-electron chi connectivity index (χ2n) is 7.07. The second-order valence-corrected chi connectivity index (χ2v) is 7.07. The molecule has 0 bridgehead atoms. The maximum absolute atomic E-state index is 12.6. The first-order chi connectivity index (χ1) is 12.7. The summed E-state index contributed by atoms with van der Waals surface area (Å²) in [4.78, 5) is 31.2. The van der Waals surface area contributed by atoms with Crippen LogP contribution in [-0.2, 0) is 5.54 Å². The minimum atomic E-state index is -0.200. The molecule has 3 heterocycles. The lowest BCUT2D eigenvalue weighted by atomic mass is 9.98. The topological polar surface area (TPSA) is 104 Å². The number of nitrogens with zero attached hydrogens (tertiary/aromatic N) is 5. The fourth-order valence-electron chi connectivity index (χ4n) is 3.46. The maximum atomic E-state index is 12.6. The van der Waals surface area contributed by atoms with Gasteiger partial charge in [-0.1, -0.05) is 0 Å². The van der Waals surface area contributed by atoms with Crippen molar-refractivity contribution < 1.29 is 9.90 Å². The molecule has 1 unspecified atom stereocenters. The standard InChI is InChI=1S/C18H22N6O2/c25-11-13-2-1-5-24(10-13)16(26)14-6-21-17(22-7-14)23-18(3-4-18)15-8-19-12-20-9-15/h6-9,12-13,25H,1-5,10-11H2,(H,21,22,23). The molecular formula is C18H22N6O2. The number of piperidine rings is 1. The van der Waals surface area contributed by atoms with Gasteiger partial charge in [0.05, 0.1) is 11.1 Å². The lowest BCUT2D eigenvalue weighted by Crippen LogP contribution is -2.41. The Morgan fingerprint density at radius 3 is 2.62 bits per heavy atom. The molecule has 1 atom stereocenters. The van der Waals surface area contributed by atoms with Crippen LogP contribution in [0.4, 0.5) is 5.95 Å². The number of aliphatic hydroxyl groups excluding tert-OH is 1. The van der Waals surface area contributed by atoms with E-state index in [0.29, 0.717) is 24.6 Å². The molecule has 26 heavy (non-hydrogen) atoms. The first-order valence-corrected chi connectivity index (χ1v) is 8.96. The Hall–Kier alpha value is -2.61. The van der Waals surface area contributed by atoms with E-state index < -0.39 is 0 Å². The Bertz CT molecular complexity index is 763. The molecule has 1 aliphatic heterocycles. The molecule has 1 saturated heterocycles. The Morgan fingerprint density at radius 2 is 1.96 bits per heavy atom. The minimum absolute atomic E-state index is 0.0766. The Kier molecular flexibility index (Phi) is 4.50. The van der Waals surface area contributed by atoms with Crippen molar-refractivity contribution in [3.8, 4) is 0 Å². The van der Waals surface area contributed by atoms with Gasteiger partial charge in [0.1, 0.15) is 6.33 Å². The summed E-state index contributed by atoms with van der Waals surface area (Å²) in [6, 6.07) is 0. The molecule has 1 aliphatic carbocycles. The SMILES string of the molecule is O=C(c1cnc(NC2(c3cncnc3)CC2)nc1)N1CCCC(CO)C1. The zero-order valence-corrected chi connectivity index (χ0v) is 14.5. The smallest absolute Gasteiger partial charge is 0.257 e. The number of nitrogens with one attached hydrogen (secondary N) is 1. The highest BCUT2D eigenvalue weighted by atomic mass is 16.3. The van der Waals surface area contributed by atoms with Crippen LogP contribution in [0.25, 0.3) is 0 Å². The van der Waals surface area contributed by atoms with Gasteiger partial charge in [-0.15, -0.1) is 0 Å². The number of hydrogen-bond acceptors (Lipinski definition) is 7. The third kappa shape index (κ3) is 3.37. The van der Waals surface area contributed by atoms with Gasteiger partial charge in [0, 0.05) is 50.0 Å². The molecule has 0 radical (unpaired) electrons. The number of rotatable bonds is 5. The molecule has 2 aromatic heterocycles. The molecule has 1 saturated carbocycles. The van der Waals surface area contributed by atoms with Gasteiger partial charge in [0.15, 0.2) is 0 Å². The summed E-state index contributed by atoms with van der Waals surface area (Å²) < 4.78 is 0. The number of likely N-dealkylation sites (tertiary alicyclic amines) is 1. The molecule has 2 aromatic rings. The largest absolute Gasteiger partial charge is 0.396 e. The predicted octanol–water partition coefficient (Wildman–Crippen LogP) is 1.21. The van der Waals surface area contributed by atoms with Crippen molar-refractivity contribution in [3.63, 3.8) is 0 Å². The van der Waals surface area contributed by atoms with Crippen molar-refractivity contribution in [1.82, 2.24) is 24.8 Å². The van der Waals surface area contributed by atoms with Gasteiger partial charge in [0.25, 0.3) is 5.91 Å². The Morgan fingerprint density at radius 1 is 1.23 bits per heavy atom. The molecule has 136 valence electrons. The first-order valence-electron chi connectivity index (χ1n) is 8.96. The van der Waals surface area contributed by atoms with E-state index in [1.54, 1.807) is 29.7 Å². The predicted molar refractivity (Wildman–Crippen MR) is 94.3 cm³/mol. The van der Waals surface area contributed by atoms with Crippen molar-refractivity contribution in [2.75, 3.05) is 25.0 Å². The Labute approximate surface area is 151 Å². The summed E-state index contributed by atoms with van der Waals surface area (Å²) in [6.07, 6.45) is 12.1. The number of anilines is 1. The fourth-order valence-corrected chi connectivity index (χ4v) is 3.46. The number of carbonyl (C=O) groups is 1. The van der Waals surface area contributed by atoms with Crippen LogP contribution >= 0.6 is 0 Å². The highest BCUT2D eigenvalue weighted by molar-refractivity contribution is 5.93. The molecule has 0 spiro atoms. The van der Waals surface area contributed by atoms with Gasteiger partial charge in [-0.3, -0.25) is 4.79 Å². The van der Waals surface area contributed by atoms with Gasteiger partial charge in [-0.05, 0) is 31.6 Å². The van der Waals surface area contributed by atoms with Crippen molar-refractivity contribution >= 4 is 11.9 Å². The number of hydrogen-bond donors (Lipinski definition) is 2. The minimum Gasteiger partial charge on any atom is -0.396 e. The van der Waals surface area contributed by atoms with Gasteiger partial charge in [-0.25, -0.2) is 19.9 Å². The third-order valence-electron chi connectivity index (χ3n) is 5.18. The lowest BCUT2D eigenvalue weighted by Gasteiger charge is -2.31. The summed E-state index contributed by atoms with van der Waals surface area (Å²) in [5.74, 6) is 0.583. The van der Waals surface area contributed by atoms with Crippen LogP contribution in [-0.4, -0.2) is 55.5 Å². The molecule has 2 aliphatic rings. The van der Waals surface area contributed by atoms with E-state index in [1.807, 2.05) is 0 Å². The lowest BCUT2D eigenvalue weighted by molar-refractivity contribution is 0.0620. The number of amides is 1. The Balaban J connectivity index is 1.43. The summed E-state index contributed by atoms with van der Waals surface area (Å²) in [7, 11) is 0. The van der Waals surface area contributed by atoms with E-state index in [9.17, 15) is 9.90 Å². The van der Waals surface area contributed by atoms with E-state index in [4.69, 9.17) is 0 Å². The van der Waals surface area contributed by atoms with Crippen molar-refractivity contribution in [2.45, 2.75) is 31.2 Å². The van der Waals surface area contributed by atoms with Crippen molar-refractivity contribution in [1.29, 1.82) is 0 Å². The van der Waals surface area contributed by atoms with Crippen LogP contribution in [0.5, 0.6) is 0 Å². The quantitative estimate of drug-likeness (QED) is 0.832. The summed E-state index contributed by atoms with van der Waals surface area (Å²) >= 11 is 0. The van der Waals surface area contributed by atoms with Crippen LogP contribution < -0.4 is 5.32 Å². The van der Waals surface area contributed by atoms with Crippen LogP contribution in [0.1, 0.15) is 41.6 Å². The van der Waals surface area contributed by atoms with Crippen molar-refractivity contribution in [3.05, 3.63) is 42.2 Å².